The van der Waals surface area contributed by atoms with Crippen molar-refractivity contribution in [2.45, 2.75) is 44.7 Å². The molecule has 0 atom stereocenters. The van der Waals surface area contributed by atoms with E-state index in [4.69, 9.17) is 4.74 Å². The SMILES string of the molecule is C=CCOc1ccc(CN(C)CN2C(=O)NC3(CCC(C)CC3)C2=O)cc1. The highest BCUT2D eigenvalue weighted by Gasteiger charge is 2.52. The number of benzene rings is 1. The number of imide groups is 1. The second-order valence-electron chi connectivity index (χ2n) is 7.83. The number of amides is 3. The number of nitrogens with zero attached hydrogens (tertiary/aromatic N) is 2. The van der Waals surface area contributed by atoms with Crippen molar-refractivity contribution in [1.29, 1.82) is 0 Å². The van der Waals surface area contributed by atoms with E-state index in [2.05, 4.69) is 18.8 Å². The van der Waals surface area contributed by atoms with Crippen LogP contribution in [0.3, 0.4) is 0 Å². The second kappa shape index (κ2) is 8.13. The van der Waals surface area contributed by atoms with Crippen LogP contribution in [0.25, 0.3) is 0 Å². The first-order chi connectivity index (χ1) is 12.9. The van der Waals surface area contributed by atoms with Gasteiger partial charge in [0.2, 0.25) is 0 Å². The number of hydrogen-bond donors (Lipinski definition) is 1. The Morgan fingerprint density at radius 3 is 2.59 bits per heavy atom. The molecule has 2 fully saturated rings. The van der Waals surface area contributed by atoms with Crippen LogP contribution >= 0.6 is 0 Å². The Morgan fingerprint density at radius 2 is 1.96 bits per heavy atom. The molecule has 1 aliphatic carbocycles. The third-order valence-corrected chi connectivity index (χ3v) is 5.50. The minimum Gasteiger partial charge on any atom is -0.490 e. The van der Waals surface area contributed by atoms with Gasteiger partial charge < -0.3 is 10.1 Å². The highest BCUT2D eigenvalue weighted by atomic mass is 16.5. The Hall–Kier alpha value is -2.34. The minimum absolute atomic E-state index is 0.0700. The van der Waals surface area contributed by atoms with E-state index in [1.807, 2.05) is 36.2 Å². The van der Waals surface area contributed by atoms with Crippen LogP contribution in [0, 0.1) is 5.92 Å². The van der Waals surface area contributed by atoms with Gasteiger partial charge in [-0.2, -0.15) is 0 Å². The maximum absolute atomic E-state index is 12.9. The molecule has 0 unspecified atom stereocenters. The lowest BCUT2D eigenvalue weighted by Crippen LogP contribution is -2.49. The largest absolute Gasteiger partial charge is 0.490 e. The molecule has 6 heteroatoms. The van der Waals surface area contributed by atoms with Crippen LogP contribution in [0.5, 0.6) is 5.75 Å². The van der Waals surface area contributed by atoms with Crippen molar-refractivity contribution >= 4 is 11.9 Å². The van der Waals surface area contributed by atoms with Gasteiger partial charge in [0.05, 0.1) is 6.67 Å². The van der Waals surface area contributed by atoms with Gasteiger partial charge in [-0.05, 0) is 56.3 Å². The van der Waals surface area contributed by atoms with Crippen LogP contribution in [0.15, 0.2) is 36.9 Å². The average Bonchev–Trinajstić information content (AvgIpc) is 2.88. The van der Waals surface area contributed by atoms with Crippen molar-refractivity contribution in [1.82, 2.24) is 15.1 Å². The molecule has 1 aromatic rings. The summed E-state index contributed by atoms with van der Waals surface area (Å²) < 4.78 is 5.48. The van der Waals surface area contributed by atoms with Crippen molar-refractivity contribution in [2.24, 2.45) is 5.92 Å². The molecule has 3 amide bonds. The minimum atomic E-state index is -0.672. The maximum atomic E-state index is 12.9. The first kappa shape index (κ1) is 19.4. The summed E-state index contributed by atoms with van der Waals surface area (Å²) in [7, 11) is 1.91. The summed E-state index contributed by atoms with van der Waals surface area (Å²) in [6.07, 6.45) is 5.15. The molecule has 1 spiro atoms. The van der Waals surface area contributed by atoms with Gasteiger partial charge >= 0.3 is 6.03 Å². The van der Waals surface area contributed by atoms with E-state index in [0.717, 1.165) is 37.0 Å². The number of nitrogens with one attached hydrogen (secondary N) is 1. The lowest BCUT2D eigenvalue weighted by atomic mass is 9.77. The topological polar surface area (TPSA) is 61.9 Å². The summed E-state index contributed by atoms with van der Waals surface area (Å²) in [6, 6.07) is 7.54. The molecule has 0 radical (unpaired) electrons. The van der Waals surface area contributed by atoms with E-state index in [9.17, 15) is 9.59 Å². The van der Waals surface area contributed by atoms with E-state index >= 15 is 0 Å². The molecule has 6 nitrogen and oxygen atoms in total. The van der Waals surface area contributed by atoms with E-state index < -0.39 is 5.54 Å². The lowest BCUT2D eigenvalue weighted by Gasteiger charge is -2.33. The number of ether oxygens (including phenoxy) is 1. The zero-order valence-electron chi connectivity index (χ0n) is 16.2. The summed E-state index contributed by atoms with van der Waals surface area (Å²) in [5.74, 6) is 1.35. The van der Waals surface area contributed by atoms with Crippen molar-refractivity contribution in [3.63, 3.8) is 0 Å². The molecule has 146 valence electrons. The highest BCUT2D eigenvalue weighted by Crippen LogP contribution is 2.36. The number of urea groups is 1. The Kier molecular flexibility index (Phi) is 5.85. The van der Waals surface area contributed by atoms with Crippen molar-refractivity contribution in [2.75, 3.05) is 20.3 Å². The monoisotopic (exact) mass is 371 g/mol. The van der Waals surface area contributed by atoms with E-state index in [1.165, 1.54) is 4.90 Å². The molecule has 3 rings (SSSR count). The average molecular weight is 371 g/mol. The second-order valence-corrected chi connectivity index (χ2v) is 7.83. The molecule has 1 saturated heterocycles. The smallest absolute Gasteiger partial charge is 0.326 e. The predicted octanol–water partition coefficient (Wildman–Crippen LogP) is 3.14. The van der Waals surface area contributed by atoms with Crippen molar-refractivity contribution in [3.05, 3.63) is 42.5 Å². The zero-order valence-corrected chi connectivity index (χ0v) is 16.2. The predicted molar refractivity (Wildman–Crippen MR) is 104 cm³/mol. The number of hydrogen-bond acceptors (Lipinski definition) is 4. The summed E-state index contributed by atoms with van der Waals surface area (Å²) in [5, 5.41) is 2.97. The summed E-state index contributed by atoms with van der Waals surface area (Å²) in [4.78, 5) is 28.7. The highest BCUT2D eigenvalue weighted by molar-refractivity contribution is 6.07. The van der Waals surface area contributed by atoms with Crippen LogP contribution in [0.2, 0.25) is 0 Å². The Bertz CT molecular complexity index is 693. The van der Waals surface area contributed by atoms with E-state index in [0.29, 0.717) is 19.1 Å². The molecule has 2 aliphatic rings. The van der Waals surface area contributed by atoms with Crippen molar-refractivity contribution in [3.8, 4) is 5.75 Å². The van der Waals surface area contributed by atoms with Crippen LogP contribution in [-0.4, -0.2) is 47.6 Å². The van der Waals surface area contributed by atoms with Gasteiger partial charge in [0.1, 0.15) is 17.9 Å². The number of carbonyl (C=O) groups excluding carboxylic acids is 2. The van der Waals surface area contributed by atoms with Gasteiger partial charge in [-0.1, -0.05) is 31.7 Å². The van der Waals surface area contributed by atoms with Crippen LogP contribution in [0.1, 0.15) is 38.2 Å². The molecule has 27 heavy (non-hydrogen) atoms. The molecule has 0 bridgehead atoms. The molecule has 1 heterocycles. The van der Waals surface area contributed by atoms with Gasteiger partial charge in [-0.15, -0.1) is 0 Å². The van der Waals surface area contributed by atoms with Crippen LogP contribution < -0.4 is 10.1 Å². The van der Waals surface area contributed by atoms with Gasteiger partial charge in [0, 0.05) is 6.54 Å². The first-order valence-electron chi connectivity index (χ1n) is 9.59. The molecule has 1 aliphatic heterocycles. The lowest BCUT2D eigenvalue weighted by molar-refractivity contribution is -0.134. The fourth-order valence-corrected chi connectivity index (χ4v) is 3.85. The molecular weight excluding hydrogens is 342 g/mol. The summed E-state index contributed by atoms with van der Waals surface area (Å²) in [6.45, 7) is 7.24. The first-order valence-corrected chi connectivity index (χ1v) is 9.59. The van der Waals surface area contributed by atoms with Crippen LogP contribution in [-0.2, 0) is 11.3 Å². The Labute approximate surface area is 161 Å². The number of carbonyl (C=O) groups is 2. The molecule has 1 N–H and O–H groups in total. The molecule has 1 aromatic carbocycles. The van der Waals surface area contributed by atoms with Gasteiger partial charge in [-0.3, -0.25) is 9.69 Å². The number of rotatable bonds is 7. The fraction of sp³-hybridized carbons (Fsp3) is 0.524. The molecular formula is C21H29N3O3. The third kappa shape index (κ3) is 4.33. The third-order valence-electron chi connectivity index (χ3n) is 5.50. The van der Waals surface area contributed by atoms with Crippen molar-refractivity contribution < 1.29 is 14.3 Å². The standard InChI is InChI=1S/C21H29N3O3/c1-4-13-27-18-7-5-17(6-8-18)14-23(3)15-24-19(25)21(22-20(24)26)11-9-16(2)10-12-21/h4-8,16H,1,9-15H2,2-3H3,(H,22,26). The molecule has 1 saturated carbocycles. The van der Waals surface area contributed by atoms with Crippen LogP contribution in [0.4, 0.5) is 4.79 Å². The maximum Gasteiger partial charge on any atom is 0.326 e. The van der Waals surface area contributed by atoms with Gasteiger partial charge in [0.25, 0.3) is 5.91 Å². The zero-order chi connectivity index (χ0) is 19.4. The summed E-state index contributed by atoms with van der Waals surface area (Å²) >= 11 is 0. The van der Waals surface area contributed by atoms with E-state index in [1.54, 1.807) is 6.08 Å². The summed E-state index contributed by atoms with van der Waals surface area (Å²) in [5.41, 5.74) is 0.422. The Morgan fingerprint density at radius 1 is 1.30 bits per heavy atom. The van der Waals surface area contributed by atoms with E-state index in [-0.39, 0.29) is 18.6 Å². The van der Waals surface area contributed by atoms with Gasteiger partial charge in [0.15, 0.2) is 0 Å². The van der Waals surface area contributed by atoms with Gasteiger partial charge in [-0.25, -0.2) is 9.69 Å². The molecule has 0 aromatic heterocycles. The quantitative estimate of drug-likeness (QED) is 0.591. The fourth-order valence-electron chi connectivity index (χ4n) is 3.85. The normalized spacial score (nSPS) is 25.1. The Balaban J connectivity index is 1.57.